The van der Waals surface area contributed by atoms with Crippen LogP contribution in [0.2, 0.25) is 0 Å². The van der Waals surface area contributed by atoms with Crippen LogP contribution in [0.4, 0.5) is 0 Å². The van der Waals surface area contributed by atoms with Crippen molar-refractivity contribution in [1.29, 1.82) is 0 Å². The summed E-state index contributed by atoms with van der Waals surface area (Å²) in [7, 11) is -3.48. The van der Waals surface area contributed by atoms with E-state index < -0.39 is 22.0 Å². The van der Waals surface area contributed by atoms with Gasteiger partial charge in [-0.1, -0.05) is 26.8 Å². The summed E-state index contributed by atoms with van der Waals surface area (Å²) >= 11 is 0. The predicted molar refractivity (Wildman–Crippen MR) is 67.2 cm³/mol. The van der Waals surface area contributed by atoms with E-state index in [9.17, 15) is 13.2 Å². The molecule has 0 rings (SSSR count). The summed E-state index contributed by atoms with van der Waals surface area (Å²) in [5, 5.41) is 8.75. The Bertz CT molecular complexity index is 367. The van der Waals surface area contributed by atoms with Gasteiger partial charge in [-0.25, -0.2) is 13.1 Å². The maximum Gasteiger partial charge on any atom is 0.304 e. The maximum atomic E-state index is 11.5. The van der Waals surface area contributed by atoms with Gasteiger partial charge in [-0.2, -0.15) is 0 Å². The van der Waals surface area contributed by atoms with E-state index in [1.807, 2.05) is 20.8 Å². The van der Waals surface area contributed by atoms with Crippen LogP contribution >= 0.6 is 0 Å². The van der Waals surface area contributed by atoms with Crippen molar-refractivity contribution in [2.75, 3.05) is 5.75 Å². The van der Waals surface area contributed by atoms with Gasteiger partial charge in [0.05, 0.1) is 12.2 Å². The van der Waals surface area contributed by atoms with Crippen LogP contribution in [0.25, 0.3) is 0 Å². The number of carbonyl (C=O) groups is 1. The minimum Gasteiger partial charge on any atom is -0.481 e. The molecule has 2 N–H and O–H groups in total. The second-order valence-electron chi connectivity index (χ2n) is 5.25. The third-order valence-electron chi connectivity index (χ3n) is 1.96. The lowest BCUT2D eigenvalue weighted by atomic mass is 9.87. The summed E-state index contributed by atoms with van der Waals surface area (Å²) in [6, 6.07) is -0.586. The van der Waals surface area contributed by atoms with Crippen LogP contribution in [0.5, 0.6) is 0 Å². The number of rotatable bonds is 7. The largest absolute Gasteiger partial charge is 0.481 e. The second kappa shape index (κ2) is 6.16. The lowest BCUT2D eigenvalue weighted by Crippen LogP contribution is -2.39. The van der Waals surface area contributed by atoms with E-state index in [1.54, 1.807) is 0 Å². The van der Waals surface area contributed by atoms with E-state index in [0.717, 1.165) is 0 Å². The molecule has 0 amide bonds. The molecule has 0 aliphatic rings. The molecule has 0 bridgehead atoms. The van der Waals surface area contributed by atoms with Gasteiger partial charge in [-0.3, -0.25) is 4.79 Å². The summed E-state index contributed by atoms with van der Waals surface area (Å²) in [6.45, 7) is 9.16. The minimum atomic E-state index is -3.48. The topological polar surface area (TPSA) is 83.5 Å². The molecule has 6 heteroatoms. The molecular formula is C11H21NO4S. The third kappa shape index (κ3) is 8.88. The van der Waals surface area contributed by atoms with E-state index in [1.165, 1.54) is 6.08 Å². The van der Waals surface area contributed by atoms with Crippen LogP contribution in [0, 0.1) is 5.41 Å². The predicted octanol–water partition coefficient (Wildman–Crippen LogP) is 1.37. The van der Waals surface area contributed by atoms with Gasteiger partial charge in [-0.05, 0) is 11.8 Å². The lowest BCUT2D eigenvalue weighted by molar-refractivity contribution is -0.137. The Labute approximate surface area is 103 Å². The molecule has 0 saturated carbocycles. The molecule has 0 heterocycles. The number of carboxylic acid groups (broad SMARTS) is 1. The van der Waals surface area contributed by atoms with Crippen LogP contribution in [-0.2, 0) is 14.8 Å². The average molecular weight is 263 g/mol. The fourth-order valence-electron chi connectivity index (χ4n) is 1.56. The highest BCUT2D eigenvalue weighted by molar-refractivity contribution is 7.89. The van der Waals surface area contributed by atoms with Gasteiger partial charge in [0.15, 0.2) is 0 Å². The number of hydrogen-bond donors (Lipinski definition) is 2. The first-order chi connectivity index (χ1) is 7.56. The molecule has 17 heavy (non-hydrogen) atoms. The molecule has 0 fully saturated rings. The van der Waals surface area contributed by atoms with Gasteiger partial charge in [0.1, 0.15) is 0 Å². The van der Waals surface area contributed by atoms with Gasteiger partial charge in [-0.15, -0.1) is 6.58 Å². The van der Waals surface area contributed by atoms with Gasteiger partial charge >= 0.3 is 5.97 Å². The number of aliphatic carboxylic acids is 1. The number of nitrogens with one attached hydrogen (secondary N) is 1. The summed E-state index contributed by atoms with van der Waals surface area (Å²) in [5.74, 6) is -1.21. The minimum absolute atomic E-state index is 0.142. The van der Waals surface area contributed by atoms with Gasteiger partial charge in [0.25, 0.3) is 0 Å². The van der Waals surface area contributed by atoms with Crippen molar-refractivity contribution in [2.24, 2.45) is 5.41 Å². The van der Waals surface area contributed by atoms with Crippen molar-refractivity contribution in [3.05, 3.63) is 12.7 Å². The highest BCUT2D eigenvalue weighted by Gasteiger charge is 2.24. The van der Waals surface area contributed by atoms with Crippen molar-refractivity contribution in [3.8, 4) is 0 Å². The Morgan fingerprint density at radius 3 is 2.35 bits per heavy atom. The zero-order valence-corrected chi connectivity index (χ0v) is 11.4. The van der Waals surface area contributed by atoms with Crippen molar-refractivity contribution >= 4 is 16.0 Å². The van der Waals surface area contributed by atoms with Crippen LogP contribution in [0.1, 0.15) is 33.6 Å². The Kier molecular flexibility index (Phi) is 5.84. The van der Waals surface area contributed by atoms with Gasteiger partial charge in [0, 0.05) is 6.04 Å². The molecule has 100 valence electrons. The second-order valence-corrected chi connectivity index (χ2v) is 7.05. The van der Waals surface area contributed by atoms with Crippen molar-refractivity contribution in [2.45, 2.75) is 39.7 Å². The van der Waals surface area contributed by atoms with E-state index >= 15 is 0 Å². The summed E-state index contributed by atoms with van der Waals surface area (Å²) in [4.78, 5) is 10.7. The highest BCUT2D eigenvalue weighted by atomic mass is 32.2. The molecular weight excluding hydrogens is 242 g/mol. The van der Waals surface area contributed by atoms with Crippen molar-refractivity contribution in [3.63, 3.8) is 0 Å². The van der Waals surface area contributed by atoms with E-state index in [2.05, 4.69) is 11.3 Å². The summed E-state index contributed by atoms with van der Waals surface area (Å²) < 4.78 is 25.5. The number of carboxylic acids is 1. The van der Waals surface area contributed by atoms with Crippen molar-refractivity contribution in [1.82, 2.24) is 4.72 Å². The fourth-order valence-corrected chi connectivity index (χ4v) is 2.64. The van der Waals surface area contributed by atoms with Crippen molar-refractivity contribution < 1.29 is 18.3 Å². The average Bonchev–Trinajstić information content (AvgIpc) is 1.96. The summed E-state index contributed by atoms with van der Waals surface area (Å²) in [5.41, 5.74) is -0.142. The lowest BCUT2D eigenvalue weighted by Gasteiger charge is -2.25. The molecule has 0 aliphatic carbocycles. The fraction of sp³-hybridized carbons (Fsp3) is 0.727. The molecule has 0 saturated heterocycles. The molecule has 0 spiro atoms. The van der Waals surface area contributed by atoms with Crippen LogP contribution in [0.15, 0.2) is 12.7 Å². The Morgan fingerprint density at radius 2 is 2.00 bits per heavy atom. The van der Waals surface area contributed by atoms with Crippen LogP contribution < -0.4 is 4.72 Å². The Balaban J connectivity index is 4.70. The molecule has 0 aromatic rings. The Hall–Kier alpha value is -0.880. The molecule has 1 atom stereocenters. The normalized spacial score (nSPS) is 14.3. The maximum absolute atomic E-state index is 11.5. The first-order valence-corrected chi connectivity index (χ1v) is 7.03. The van der Waals surface area contributed by atoms with E-state index in [4.69, 9.17) is 5.11 Å². The molecule has 0 aromatic carbocycles. The van der Waals surface area contributed by atoms with E-state index in [-0.39, 0.29) is 17.6 Å². The third-order valence-corrected chi connectivity index (χ3v) is 3.33. The van der Waals surface area contributed by atoms with Crippen LogP contribution in [-0.4, -0.2) is 31.3 Å². The zero-order valence-electron chi connectivity index (χ0n) is 10.6. The highest BCUT2D eigenvalue weighted by Crippen LogP contribution is 2.22. The molecule has 0 aliphatic heterocycles. The summed E-state index contributed by atoms with van der Waals surface area (Å²) in [6.07, 6.45) is 1.53. The first-order valence-electron chi connectivity index (χ1n) is 5.38. The SMILES string of the molecule is C=CCS(=O)(=O)NC(CC(=O)O)CC(C)(C)C. The smallest absolute Gasteiger partial charge is 0.304 e. The first kappa shape index (κ1) is 16.1. The standard InChI is InChI=1S/C11H21NO4S/c1-5-6-17(15,16)12-9(7-10(13)14)8-11(2,3)4/h5,9,12H,1,6-8H2,2-4H3,(H,13,14). The number of sulfonamides is 1. The van der Waals surface area contributed by atoms with Gasteiger partial charge in [0.2, 0.25) is 10.0 Å². The molecule has 0 aromatic heterocycles. The monoisotopic (exact) mass is 263 g/mol. The zero-order chi connectivity index (χ0) is 13.7. The molecule has 5 nitrogen and oxygen atoms in total. The van der Waals surface area contributed by atoms with Crippen LogP contribution in [0.3, 0.4) is 0 Å². The molecule has 0 radical (unpaired) electrons. The quantitative estimate of drug-likeness (QED) is 0.679. The Morgan fingerprint density at radius 1 is 1.47 bits per heavy atom. The molecule has 1 unspecified atom stereocenters. The van der Waals surface area contributed by atoms with E-state index in [0.29, 0.717) is 6.42 Å². The number of hydrogen-bond acceptors (Lipinski definition) is 3. The van der Waals surface area contributed by atoms with Gasteiger partial charge < -0.3 is 5.11 Å².